The van der Waals surface area contributed by atoms with Gasteiger partial charge in [-0.25, -0.2) is 4.79 Å². The van der Waals surface area contributed by atoms with E-state index in [1.54, 1.807) is 0 Å². The fourth-order valence-corrected chi connectivity index (χ4v) is 0.997. The zero-order chi connectivity index (χ0) is 7.78. The lowest BCUT2D eigenvalue weighted by molar-refractivity contribution is -0.175. The van der Waals surface area contributed by atoms with E-state index in [0.29, 0.717) is 12.0 Å². The summed E-state index contributed by atoms with van der Waals surface area (Å²) >= 11 is 0. The second kappa shape index (κ2) is 2.09. The van der Waals surface area contributed by atoms with Crippen molar-refractivity contribution in [3.8, 4) is 0 Å². The molecule has 0 radical (unpaired) electrons. The fraction of sp³-hybridized carbons (Fsp3) is 0.571. The van der Waals surface area contributed by atoms with E-state index < -0.39 is 11.8 Å². The Morgan fingerprint density at radius 2 is 2.40 bits per heavy atom. The molecule has 1 aliphatic heterocycles. The van der Waals surface area contributed by atoms with Crippen LogP contribution in [0.1, 0.15) is 20.3 Å². The highest BCUT2D eigenvalue weighted by Gasteiger charge is 2.34. The van der Waals surface area contributed by atoms with Crippen molar-refractivity contribution in [2.45, 2.75) is 26.1 Å². The van der Waals surface area contributed by atoms with Gasteiger partial charge in [0.25, 0.3) is 0 Å². The monoisotopic (exact) mass is 142 g/mol. The van der Waals surface area contributed by atoms with Gasteiger partial charge in [-0.15, -0.1) is 0 Å². The van der Waals surface area contributed by atoms with Crippen molar-refractivity contribution < 1.29 is 14.6 Å². The quantitative estimate of drug-likeness (QED) is 0.545. The number of aliphatic hydroxyl groups is 1. The van der Waals surface area contributed by atoms with Crippen LogP contribution in [0.15, 0.2) is 11.6 Å². The summed E-state index contributed by atoms with van der Waals surface area (Å²) in [7, 11) is 0. The first-order chi connectivity index (χ1) is 4.56. The summed E-state index contributed by atoms with van der Waals surface area (Å²) in [6, 6.07) is 0. The van der Waals surface area contributed by atoms with E-state index in [9.17, 15) is 9.90 Å². The van der Waals surface area contributed by atoms with Crippen molar-refractivity contribution in [1.82, 2.24) is 0 Å². The van der Waals surface area contributed by atoms with Crippen LogP contribution in [0.3, 0.4) is 0 Å². The van der Waals surface area contributed by atoms with Crippen LogP contribution < -0.4 is 0 Å². The highest BCUT2D eigenvalue weighted by molar-refractivity contribution is 5.86. The maximum Gasteiger partial charge on any atom is 0.333 e. The molecule has 3 nitrogen and oxygen atoms in total. The SMILES string of the molecule is CCC1=CC(=O)OC1(C)O. The van der Waals surface area contributed by atoms with Gasteiger partial charge in [0.15, 0.2) is 0 Å². The predicted octanol–water partition coefficient (Wildman–Crippen LogP) is 0.588. The third kappa shape index (κ3) is 1.04. The van der Waals surface area contributed by atoms with Crippen LogP contribution in [0.5, 0.6) is 0 Å². The minimum absolute atomic E-state index is 0.457. The van der Waals surface area contributed by atoms with Gasteiger partial charge in [0, 0.05) is 18.6 Å². The Morgan fingerprint density at radius 3 is 2.60 bits per heavy atom. The number of hydrogen-bond acceptors (Lipinski definition) is 3. The summed E-state index contributed by atoms with van der Waals surface area (Å²) in [6.07, 6.45) is 1.97. The number of cyclic esters (lactones) is 1. The maximum atomic E-state index is 10.6. The Morgan fingerprint density at radius 1 is 1.80 bits per heavy atom. The first-order valence-electron chi connectivity index (χ1n) is 3.22. The standard InChI is InChI=1S/C7H10O3/c1-3-5-4-6(8)10-7(5,2)9/h4,9H,3H2,1-2H3. The lowest BCUT2D eigenvalue weighted by atomic mass is 10.1. The zero-order valence-electron chi connectivity index (χ0n) is 6.05. The largest absolute Gasteiger partial charge is 0.426 e. The minimum Gasteiger partial charge on any atom is -0.426 e. The maximum absolute atomic E-state index is 10.6. The summed E-state index contributed by atoms with van der Waals surface area (Å²) in [5.74, 6) is -1.81. The number of esters is 1. The molecule has 1 rings (SSSR count). The van der Waals surface area contributed by atoms with Gasteiger partial charge in [-0.05, 0) is 6.42 Å². The Balaban J connectivity index is 2.86. The Kier molecular flexibility index (Phi) is 1.52. The average Bonchev–Trinajstić information content (AvgIpc) is 2.04. The summed E-state index contributed by atoms with van der Waals surface area (Å²) in [4.78, 5) is 10.6. The van der Waals surface area contributed by atoms with E-state index in [2.05, 4.69) is 4.74 Å². The minimum atomic E-state index is -1.36. The molecule has 10 heavy (non-hydrogen) atoms. The van der Waals surface area contributed by atoms with E-state index in [0.717, 1.165) is 0 Å². The third-order valence-electron chi connectivity index (χ3n) is 1.57. The third-order valence-corrected chi connectivity index (χ3v) is 1.57. The smallest absolute Gasteiger partial charge is 0.333 e. The summed E-state index contributed by atoms with van der Waals surface area (Å²) < 4.78 is 4.58. The van der Waals surface area contributed by atoms with Gasteiger partial charge in [0.05, 0.1) is 0 Å². The normalized spacial score (nSPS) is 31.9. The van der Waals surface area contributed by atoms with Gasteiger partial charge in [-0.1, -0.05) is 6.92 Å². The molecule has 0 fully saturated rings. The van der Waals surface area contributed by atoms with Gasteiger partial charge < -0.3 is 9.84 Å². The predicted molar refractivity (Wildman–Crippen MR) is 35.1 cm³/mol. The molecular formula is C7H10O3. The number of carbonyl (C=O) groups excluding carboxylic acids is 1. The molecule has 0 aromatic rings. The molecule has 0 saturated heterocycles. The number of carbonyl (C=O) groups is 1. The van der Waals surface area contributed by atoms with Crippen molar-refractivity contribution in [3.05, 3.63) is 11.6 Å². The molecule has 0 aromatic heterocycles. The highest BCUT2D eigenvalue weighted by Crippen LogP contribution is 2.26. The van der Waals surface area contributed by atoms with E-state index in [1.165, 1.54) is 13.0 Å². The van der Waals surface area contributed by atoms with E-state index in [1.807, 2.05) is 6.92 Å². The summed E-state index contributed by atoms with van der Waals surface area (Å²) in [5, 5.41) is 9.31. The lowest BCUT2D eigenvalue weighted by Crippen LogP contribution is -2.26. The van der Waals surface area contributed by atoms with Crippen LogP contribution in [0.2, 0.25) is 0 Å². The molecule has 56 valence electrons. The Labute approximate surface area is 59.3 Å². The van der Waals surface area contributed by atoms with Crippen LogP contribution in [-0.2, 0) is 9.53 Å². The molecule has 0 bridgehead atoms. The molecule has 0 aromatic carbocycles. The highest BCUT2D eigenvalue weighted by atomic mass is 16.7. The molecule has 1 unspecified atom stereocenters. The second-order valence-corrected chi connectivity index (χ2v) is 2.43. The van der Waals surface area contributed by atoms with E-state index in [4.69, 9.17) is 0 Å². The van der Waals surface area contributed by atoms with Crippen molar-refractivity contribution in [3.63, 3.8) is 0 Å². The van der Waals surface area contributed by atoms with Crippen LogP contribution in [-0.4, -0.2) is 16.9 Å². The lowest BCUT2D eigenvalue weighted by Gasteiger charge is -2.18. The van der Waals surface area contributed by atoms with Gasteiger partial charge in [-0.3, -0.25) is 0 Å². The molecule has 1 N–H and O–H groups in total. The molecule has 0 spiro atoms. The van der Waals surface area contributed by atoms with Crippen LogP contribution >= 0.6 is 0 Å². The van der Waals surface area contributed by atoms with Crippen LogP contribution in [0.25, 0.3) is 0 Å². The first kappa shape index (κ1) is 7.28. The number of rotatable bonds is 1. The van der Waals surface area contributed by atoms with E-state index in [-0.39, 0.29) is 0 Å². The summed E-state index contributed by atoms with van der Waals surface area (Å²) in [6.45, 7) is 3.33. The molecule has 3 heteroatoms. The van der Waals surface area contributed by atoms with Gasteiger partial charge >= 0.3 is 5.97 Å². The van der Waals surface area contributed by atoms with Gasteiger partial charge in [-0.2, -0.15) is 0 Å². The molecule has 1 atom stereocenters. The summed E-state index contributed by atoms with van der Waals surface area (Å²) in [5.41, 5.74) is 0.637. The molecule has 1 aliphatic rings. The van der Waals surface area contributed by atoms with Crippen molar-refractivity contribution in [2.75, 3.05) is 0 Å². The number of ether oxygens (including phenoxy) is 1. The van der Waals surface area contributed by atoms with Gasteiger partial charge in [0.2, 0.25) is 5.79 Å². The van der Waals surface area contributed by atoms with E-state index >= 15 is 0 Å². The van der Waals surface area contributed by atoms with Crippen molar-refractivity contribution in [1.29, 1.82) is 0 Å². The second-order valence-electron chi connectivity index (χ2n) is 2.43. The van der Waals surface area contributed by atoms with Crippen LogP contribution in [0.4, 0.5) is 0 Å². The zero-order valence-corrected chi connectivity index (χ0v) is 6.05. The molecule has 0 amide bonds. The van der Waals surface area contributed by atoms with Crippen molar-refractivity contribution >= 4 is 5.97 Å². The fourth-order valence-electron chi connectivity index (χ4n) is 0.997. The van der Waals surface area contributed by atoms with Crippen molar-refractivity contribution in [2.24, 2.45) is 0 Å². The first-order valence-corrected chi connectivity index (χ1v) is 3.22. The average molecular weight is 142 g/mol. The Hall–Kier alpha value is -0.830. The van der Waals surface area contributed by atoms with Crippen LogP contribution in [0, 0.1) is 0 Å². The Bertz CT molecular complexity index is 191. The molecule has 1 heterocycles. The topological polar surface area (TPSA) is 46.5 Å². The molecular weight excluding hydrogens is 132 g/mol. The molecule has 0 aliphatic carbocycles. The number of hydrogen-bond donors (Lipinski definition) is 1. The van der Waals surface area contributed by atoms with Gasteiger partial charge in [0.1, 0.15) is 0 Å². The molecule has 0 saturated carbocycles.